The highest BCUT2D eigenvalue weighted by Crippen LogP contribution is 2.67. The predicted molar refractivity (Wildman–Crippen MR) is 175 cm³/mol. The molecule has 230 valence electrons. The zero-order chi connectivity index (χ0) is 30.9. The van der Waals surface area contributed by atoms with Crippen molar-refractivity contribution in [1.29, 1.82) is 0 Å². The molecule has 0 saturated carbocycles. The van der Waals surface area contributed by atoms with E-state index in [2.05, 4.69) is 13.2 Å². The zero-order valence-electron chi connectivity index (χ0n) is 25.7. The highest BCUT2D eigenvalue weighted by molar-refractivity contribution is 8.02. The molecule has 2 bridgehead atoms. The molecule has 2 aromatic rings. The van der Waals surface area contributed by atoms with Gasteiger partial charge in [0.2, 0.25) is 11.8 Å². The van der Waals surface area contributed by atoms with Gasteiger partial charge >= 0.3 is 0 Å². The van der Waals surface area contributed by atoms with Gasteiger partial charge in [-0.1, -0.05) is 69.7 Å². The van der Waals surface area contributed by atoms with Crippen molar-refractivity contribution >= 4 is 45.9 Å². The third-order valence-corrected chi connectivity index (χ3v) is 11.8. The molecule has 3 aliphatic rings. The molecule has 7 atom stereocenters. The lowest BCUT2D eigenvalue weighted by Gasteiger charge is -2.41. The van der Waals surface area contributed by atoms with Crippen molar-refractivity contribution in [1.82, 2.24) is 9.80 Å². The van der Waals surface area contributed by atoms with Crippen LogP contribution in [0.25, 0.3) is 10.8 Å². The van der Waals surface area contributed by atoms with Crippen LogP contribution in [-0.4, -0.2) is 80.9 Å². The number of nitrogens with zero attached hydrogens (tertiary/aromatic N) is 3. The molecule has 3 fully saturated rings. The summed E-state index contributed by atoms with van der Waals surface area (Å²) in [5.41, 5.74) is 0.741. The second kappa shape index (κ2) is 12.9. The fourth-order valence-electron chi connectivity index (χ4n) is 7.70. The van der Waals surface area contributed by atoms with Gasteiger partial charge in [0.15, 0.2) is 0 Å². The van der Waals surface area contributed by atoms with Crippen LogP contribution in [0.15, 0.2) is 67.8 Å². The number of fused-ring (bicyclic) bond motifs is 2. The number of anilines is 1. The molecule has 0 aliphatic carbocycles. The molecule has 3 saturated heterocycles. The van der Waals surface area contributed by atoms with Gasteiger partial charge in [-0.3, -0.25) is 14.4 Å². The average Bonchev–Trinajstić information content (AvgIpc) is 3.66. The molecule has 3 amide bonds. The highest BCUT2D eigenvalue weighted by Gasteiger charge is 2.74. The van der Waals surface area contributed by atoms with Gasteiger partial charge in [-0.2, -0.15) is 0 Å². The Morgan fingerprint density at radius 2 is 1.84 bits per heavy atom. The molecule has 3 heterocycles. The number of likely N-dealkylation sites (tertiary alicyclic amines) is 1. The van der Waals surface area contributed by atoms with Crippen molar-refractivity contribution in [2.45, 2.75) is 68.5 Å². The van der Waals surface area contributed by atoms with E-state index in [0.29, 0.717) is 19.5 Å². The molecule has 3 aliphatic heterocycles. The Bertz CT molecular complexity index is 1400. The van der Waals surface area contributed by atoms with Crippen LogP contribution < -0.4 is 4.90 Å². The number of aliphatic hydroxyl groups excluding tert-OH is 1. The van der Waals surface area contributed by atoms with Crippen molar-refractivity contribution in [3.63, 3.8) is 0 Å². The second-order valence-corrected chi connectivity index (χ2v) is 13.9. The number of carbonyl (C=O) groups excluding carboxylic acids is 3. The SMILES string of the molecule is C=CCN(CCC)C(=O)[C@@H]1[C@@H]2CCC3(S2)C(C(=O)N(CC=C)c2ccc4ccccc4c2)N([C@@H](CO)[C@@H](C)CC)C(=O)[C@H]13. The molecule has 0 aromatic heterocycles. The summed E-state index contributed by atoms with van der Waals surface area (Å²) in [6.45, 7) is 15.0. The summed E-state index contributed by atoms with van der Waals surface area (Å²) in [5.74, 6) is -1.50. The van der Waals surface area contributed by atoms with Crippen molar-refractivity contribution in [3.8, 4) is 0 Å². The van der Waals surface area contributed by atoms with Gasteiger partial charge in [0.25, 0.3) is 5.91 Å². The van der Waals surface area contributed by atoms with Gasteiger partial charge in [0, 0.05) is 30.6 Å². The van der Waals surface area contributed by atoms with Gasteiger partial charge in [-0.25, -0.2) is 0 Å². The number of aliphatic hydroxyl groups is 1. The Kier molecular flexibility index (Phi) is 9.37. The number of hydrogen-bond acceptors (Lipinski definition) is 5. The van der Waals surface area contributed by atoms with Gasteiger partial charge in [0.05, 0.1) is 29.2 Å². The monoisotopic (exact) mass is 603 g/mol. The predicted octanol–water partition coefficient (Wildman–Crippen LogP) is 5.28. The smallest absolute Gasteiger partial charge is 0.251 e. The van der Waals surface area contributed by atoms with Crippen LogP contribution in [-0.2, 0) is 14.4 Å². The van der Waals surface area contributed by atoms with Crippen LogP contribution in [0.4, 0.5) is 5.69 Å². The molecule has 2 unspecified atom stereocenters. The maximum Gasteiger partial charge on any atom is 0.251 e. The van der Waals surface area contributed by atoms with E-state index < -0.39 is 28.7 Å². The summed E-state index contributed by atoms with van der Waals surface area (Å²) in [5, 5.41) is 12.8. The molecule has 2 aromatic carbocycles. The van der Waals surface area contributed by atoms with Crippen molar-refractivity contribution < 1.29 is 19.5 Å². The molecule has 43 heavy (non-hydrogen) atoms. The number of benzene rings is 2. The minimum atomic E-state index is -0.797. The van der Waals surface area contributed by atoms with E-state index in [4.69, 9.17) is 0 Å². The van der Waals surface area contributed by atoms with Crippen LogP contribution in [0, 0.1) is 17.8 Å². The fourth-order valence-corrected chi connectivity index (χ4v) is 9.89. The standard InChI is InChI=1S/C35H45N3O4S/c1-6-18-36(19-7-2)32(40)29-28-16-17-35(43-28)30(29)33(41)38(27(22-39)23(5)9-4)31(35)34(42)37(20-8-3)26-15-14-24-12-10-11-13-25(24)21-26/h6,8,10-15,21,23,27-31,39H,1,3,7,9,16-20,22H2,2,4-5H3/t23-,27-,28-,29+,30-,31?,35?/m0/s1. The van der Waals surface area contributed by atoms with E-state index in [-0.39, 0.29) is 42.0 Å². The number of hydrogen-bond donors (Lipinski definition) is 1. The summed E-state index contributed by atoms with van der Waals surface area (Å²) in [4.78, 5) is 49.0. The Balaban J connectivity index is 1.61. The Morgan fingerprint density at radius 3 is 2.49 bits per heavy atom. The minimum absolute atomic E-state index is 0.0196. The summed E-state index contributed by atoms with van der Waals surface area (Å²) in [6.07, 6.45) is 6.47. The van der Waals surface area contributed by atoms with Crippen molar-refractivity contribution in [2.75, 3.05) is 31.1 Å². The summed E-state index contributed by atoms with van der Waals surface area (Å²) in [7, 11) is 0. The molecule has 8 heteroatoms. The Morgan fingerprint density at radius 1 is 1.12 bits per heavy atom. The van der Waals surface area contributed by atoms with E-state index >= 15 is 0 Å². The molecule has 1 N–H and O–H groups in total. The number of amides is 3. The highest BCUT2D eigenvalue weighted by atomic mass is 32.2. The molecular weight excluding hydrogens is 558 g/mol. The van der Waals surface area contributed by atoms with Crippen LogP contribution in [0.5, 0.6) is 0 Å². The van der Waals surface area contributed by atoms with Crippen LogP contribution in [0.1, 0.15) is 46.5 Å². The fraction of sp³-hybridized carbons (Fsp3) is 0.514. The van der Waals surface area contributed by atoms with E-state index in [9.17, 15) is 19.5 Å². The Hall–Kier alpha value is -3.10. The zero-order valence-corrected chi connectivity index (χ0v) is 26.5. The van der Waals surface area contributed by atoms with E-state index in [1.54, 1.807) is 33.7 Å². The minimum Gasteiger partial charge on any atom is -0.394 e. The van der Waals surface area contributed by atoms with E-state index in [1.165, 1.54) is 0 Å². The van der Waals surface area contributed by atoms with Crippen molar-refractivity contribution in [3.05, 3.63) is 67.8 Å². The van der Waals surface area contributed by atoms with Gasteiger partial charge < -0.3 is 19.8 Å². The lowest BCUT2D eigenvalue weighted by atomic mass is 9.70. The lowest BCUT2D eigenvalue weighted by Crippen LogP contribution is -2.58. The molecule has 0 radical (unpaired) electrons. The first-order valence-electron chi connectivity index (χ1n) is 15.7. The van der Waals surface area contributed by atoms with Crippen LogP contribution in [0.2, 0.25) is 0 Å². The molecule has 5 rings (SSSR count). The van der Waals surface area contributed by atoms with Crippen LogP contribution >= 0.6 is 11.8 Å². The van der Waals surface area contributed by atoms with Gasteiger partial charge in [0.1, 0.15) is 6.04 Å². The first-order chi connectivity index (χ1) is 20.8. The third-order valence-electron chi connectivity index (χ3n) is 9.88. The van der Waals surface area contributed by atoms with Gasteiger partial charge in [-0.15, -0.1) is 24.9 Å². The first-order valence-corrected chi connectivity index (χ1v) is 16.6. The normalized spacial score (nSPS) is 27.2. The second-order valence-electron chi connectivity index (χ2n) is 12.3. The number of carbonyl (C=O) groups is 3. The summed E-state index contributed by atoms with van der Waals surface area (Å²) < 4.78 is -0.734. The van der Waals surface area contributed by atoms with E-state index in [0.717, 1.165) is 35.7 Å². The van der Waals surface area contributed by atoms with Crippen molar-refractivity contribution in [2.24, 2.45) is 17.8 Å². The molecule has 1 spiro atoms. The van der Waals surface area contributed by atoms with Crippen LogP contribution in [0.3, 0.4) is 0 Å². The molecular formula is C35H45N3O4S. The maximum atomic E-state index is 15.0. The Labute approximate surface area is 260 Å². The first kappa shape index (κ1) is 31.3. The number of thioether (sulfide) groups is 1. The molecule has 7 nitrogen and oxygen atoms in total. The largest absolute Gasteiger partial charge is 0.394 e. The quantitative estimate of drug-likeness (QED) is 0.315. The summed E-state index contributed by atoms with van der Waals surface area (Å²) in [6, 6.07) is 12.7. The number of rotatable bonds is 13. The average molecular weight is 604 g/mol. The third kappa shape index (κ3) is 5.20. The lowest BCUT2D eigenvalue weighted by molar-refractivity contribution is -0.146. The topological polar surface area (TPSA) is 81.2 Å². The van der Waals surface area contributed by atoms with Gasteiger partial charge in [-0.05, 0) is 48.1 Å². The summed E-state index contributed by atoms with van der Waals surface area (Å²) >= 11 is 1.67. The maximum absolute atomic E-state index is 15.0. The van der Waals surface area contributed by atoms with E-state index in [1.807, 2.05) is 68.1 Å².